The molecule has 94 valence electrons. The molecular formula is C13H18FNO2. The summed E-state index contributed by atoms with van der Waals surface area (Å²) in [6.45, 7) is 4.27. The third-order valence-corrected chi connectivity index (χ3v) is 3.02. The Morgan fingerprint density at radius 3 is 3.00 bits per heavy atom. The number of halogens is 1. The van der Waals surface area contributed by atoms with Gasteiger partial charge in [0.2, 0.25) is 0 Å². The van der Waals surface area contributed by atoms with Crippen molar-refractivity contribution in [2.24, 2.45) is 0 Å². The lowest BCUT2D eigenvalue weighted by molar-refractivity contribution is 0.0287. The Hall–Kier alpha value is -1.13. The van der Waals surface area contributed by atoms with Gasteiger partial charge in [-0.05, 0) is 24.1 Å². The average molecular weight is 239 g/mol. The van der Waals surface area contributed by atoms with Gasteiger partial charge in [0.15, 0.2) is 0 Å². The third-order valence-electron chi connectivity index (χ3n) is 3.02. The molecule has 1 N–H and O–H groups in total. The van der Waals surface area contributed by atoms with Gasteiger partial charge in [0.05, 0.1) is 19.8 Å². The second-order valence-corrected chi connectivity index (χ2v) is 4.31. The number of aryl methyl sites for hydroxylation is 1. The highest BCUT2D eigenvalue weighted by Gasteiger charge is 2.17. The van der Waals surface area contributed by atoms with E-state index < -0.39 is 0 Å². The zero-order chi connectivity index (χ0) is 12.3. The van der Waals surface area contributed by atoms with E-state index in [1.807, 2.05) is 13.0 Å². The maximum Gasteiger partial charge on any atom is 0.130 e. The molecule has 4 heteroatoms. The molecule has 1 heterocycles. The van der Waals surface area contributed by atoms with Crippen molar-refractivity contribution >= 4 is 0 Å². The Bertz CT molecular complexity index is 389. The molecule has 0 aliphatic carbocycles. The Labute approximate surface area is 101 Å². The van der Waals surface area contributed by atoms with E-state index >= 15 is 0 Å². The number of hydrogen-bond donors (Lipinski definition) is 1. The number of rotatable bonds is 3. The zero-order valence-electron chi connectivity index (χ0n) is 10.3. The first-order chi connectivity index (χ1) is 8.20. The van der Waals surface area contributed by atoms with E-state index in [4.69, 9.17) is 9.47 Å². The van der Waals surface area contributed by atoms with E-state index in [0.717, 1.165) is 18.7 Å². The monoisotopic (exact) mass is 239 g/mol. The predicted molar refractivity (Wildman–Crippen MR) is 64.0 cm³/mol. The molecule has 0 bridgehead atoms. The lowest BCUT2D eigenvalue weighted by atomic mass is 10.0. The molecule has 1 aliphatic heterocycles. The molecule has 1 saturated heterocycles. The molecule has 1 aliphatic rings. The number of hydrogen-bond acceptors (Lipinski definition) is 3. The number of morpholine rings is 1. The van der Waals surface area contributed by atoms with Crippen molar-refractivity contribution in [1.29, 1.82) is 0 Å². The van der Waals surface area contributed by atoms with Crippen LogP contribution in [-0.2, 0) is 11.2 Å². The first-order valence-electron chi connectivity index (χ1n) is 5.86. The second-order valence-electron chi connectivity index (χ2n) is 4.31. The van der Waals surface area contributed by atoms with Gasteiger partial charge in [0.25, 0.3) is 0 Å². The lowest BCUT2D eigenvalue weighted by Gasteiger charge is -2.24. The van der Waals surface area contributed by atoms with Gasteiger partial charge in [-0.1, -0.05) is 0 Å². The van der Waals surface area contributed by atoms with E-state index in [0.29, 0.717) is 24.3 Å². The molecule has 2 rings (SSSR count). The summed E-state index contributed by atoms with van der Waals surface area (Å²) >= 11 is 0. The summed E-state index contributed by atoms with van der Waals surface area (Å²) in [4.78, 5) is 0. The minimum Gasteiger partial charge on any atom is -0.496 e. The normalized spacial score (nSPS) is 20.3. The topological polar surface area (TPSA) is 30.5 Å². The molecule has 1 aromatic carbocycles. The quantitative estimate of drug-likeness (QED) is 0.870. The van der Waals surface area contributed by atoms with Crippen LogP contribution in [0.25, 0.3) is 0 Å². The van der Waals surface area contributed by atoms with Gasteiger partial charge in [0.1, 0.15) is 11.6 Å². The highest BCUT2D eigenvalue weighted by Crippen LogP contribution is 2.23. The van der Waals surface area contributed by atoms with Gasteiger partial charge >= 0.3 is 0 Å². The van der Waals surface area contributed by atoms with Crippen molar-refractivity contribution in [3.8, 4) is 5.75 Å². The van der Waals surface area contributed by atoms with Crippen LogP contribution in [0.4, 0.5) is 4.39 Å². The van der Waals surface area contributed by atoms with E-state index in [2.05, 4.69) is 5.32 Å². The van der Waals surface area contributed by atoms with Gasteiger partial charge < -0.3 is 14.8 Å². The molecule has 3 nitrogen and oxygen atoms in total. The molecular weight excluding hydrogens is 221 g/mol. The van der Waals surface area contributed by atoms with Gasteiger partial charge in [0, 0.05) is 25.6 Å². The minimum absolute atomic E-state index is 0.0612. The van der Waals surface area contributed by atoms with E-state index in [1.165, 1.54) is 6.07 Å². The fraction of sp³-hybridized carbons (Fsp3) is 0.538. The molecule has 0 saturated carbocycles. The molecule has 1 atom stereocenters. The van der Waals surface area contributed by atoms with Crippen molar-refractivity contribution in [1.82, 2.24) is 5.32 Å². The highest BCUT2D eigenvalue weighted by molar-refractivity contribution is 5.37. The number of nitrogens with one attached hydrogen (secondary N) is 1. The van der Waals surface area contributed by atoms with Crippen LogP contribution < -0.4 is 10.1 Å². The van der Waals surface area contributed by atoms with Crippen LogP contribution in [0, 0.1) is 12.7 Å². The second kappa shape index (κ2) is 5.47. The number of methoxy groups -OCH3 is 1. The maximum atomic E-state index is 13.8. The molecule has 1 aromatic rings. The highest BCUT2D eigenvalue weighted by atomic mass is 19.1. The summed E-state index contributed by atoms with van der Waals surface area (Å²) in [5.41, 5.74) is 1.64. The largest absolute Gasteiger partial charge is 0.496 e. The first kappa shape index (κ1) is 12.3. The Balaban J connectivity index is 2.12. The Morgan fingerprint density at radius 1 is 1.53 bits per heavy atom. The van der Waals surface area contributed by atoms with Crippen LogP contribution in [0.1, 0.15) is 11.1 Å². The zero-order valence-corrected chi connectivity index (χ0v) is 10.3. The predicted octanol–water partition coefficient (Wildman–Crippen LogP) is 1.67. The van der Waals surface area contributed by atoms with E-state index in [-0.39, 0.29) is 11.9 Å². The van der Waals surface area contributed by atoms with Crippen LogP contribution in [0.15, 0.2) is 12.1 Å². The summed E-state index contributed by atoms with van der Waals surface area (Å²) in [5, 5.41) is 3.24. The molecule has 17 heavy (non-hydrogen) atoms. The fourth-order valence-electron chi connectivity index (χ4n) is 2.10. The van der Waals surface area contributed by atoms with Crippen molar-refractivity contribution < 1.29 is 13.9 Å². The average Bonchev–Trinajstić information content (AvgIpc) is 2.34. The summed E-state index contributed by atoms with van der Waals surface area (Å²) < 4.78 is 24.5. The van der Waals surface area contributed by atoms with Gasteiger partial charge in [-0.25, -0.2) is 4.39 Å². The number of ether oxygens (including phenoxy) is 2. The van der Waals surface area contributed by atoms with E-state index in [1.54, 1.807) is 7.11 Å². The van der Waals surface area contributed by atoms with Crippen molar-refractivity contribution in [3.63, 3.8) is 0 Å². The molecule has 0 aromatic heterocycles. The summed E-state index contributed by atoms with van der Waals surface area (Å²) in [7, 11) is 1.55. The van der Waals surface area contributed by atoms with Crippen LogP contribution >= 0.6 is 0 Å². The maximum absolute atomic E-state index is 13.8. The third kappa shape index (κ3) is 2.96. The van der Waals surface area contributed by atoms with E-state index in [9.17, 15) is 4.39 Å². The molecule has 0 spiro atoms. The van der Waals surface area contributed by atoms with Crippen molar-refractivity contribution in [2.75, 3.05) is 26.8 Å². The SMILES string of the molecule is COc1cc(F)c(CC2CNCCO2)cc1C. The van der Waals surface area contributed by atoms with Gasteiger partial charge in [-0.2, -0.15) is 0 Å². The summed E-state index contributed by atoms with van der Waals surface area (Å²) in [6.07, 6.45) is 0.662. The fourth-order valence-corrected chi connectivity index (χ4v) is 2.10. The Kier molecular flexibility index (Phi) is 3.97. The molecule has 0 amide bonds. The molecule has 1 unspecified atom stereocenters. The van der Waals surface area contributed by atoms with Crippen LogP contribution in [0.3, 0.4) is 0 Å². The molecule has 0 radical (unpaired) electrons. The lowest BCUT2D eigenvalue weighted by Crippen LogP contribution is -2.39. The van der Waals surface area contributed by atoms with Crippen molar-refractivity contribution in [3.05, 3.63) is 29.1 Å². The van der Waals surface area contributed by atoms with Crippen LogP contribution in [0.2, 0.25) is 0 Å². The number of benzene rings is 1. The molecule has 1 fully saturated rings. The Morgan fingerprint density at radius 2 is 2.35 bits per heavy atom. The summed E-state index contributed by atoms with van der Waals surface area (Å²) in [5.74, 6) is 0.371. The first-order valence-corrected chi connectivity index (χ1v) is 5.86. The van der Waals surface area contributed by atoms with Gasteiger partial charge in [-0.3, -0.25) is 0 Å². The minimum atomic E-state index is -0.221. The van der Waals surface area contributed by atoms with Crippen LogP contribution in [-0.4, -0.2) is 32.9 Å². The van der Waals surface area contributed by atoms with Gasteiger partial charge in [-0.15, -0.1) is 0 Å². The summed E-state index contributed by atoms with van der Waals surface area (Å²) in [6, 6.07) is 3.28. The standard InChI is InChI=1S/C13H18FNO2/c1-9-5-10(12(14)7-13(9)16-2)6-11-8-15-3-4-17-11/h5,7,11,15H,3-4,6,8H2,1-2H3. The smallest absolute Gasteiger partial charge is 0.130 e. The van der Waals surface area contributed by atoms with Crippen LogP contribution in [0.5, 0.6) is 5.75 Å². The van der Waals surface area contributed by atoms with Crippen molar-refractivity contribution in [2.45, 2.75) is 19.4 Å².